The van der Waals surface area contributed by atoms with Gasteiger partial charge in [-0.15, -0.1) is 12.4 Å². The van der Waals surface area contributed by atoms with Crippen molar-refractivity contribution in [3.05, 3.63) is 78.4 Å². The monoisotopic (exact) mass is 413 g/mol. The van der Waals surface area contributed by atoms with Crippen LogP contribution in [-0.4, -0.2) is 37.2 Å². The van der Waals surface area contributed by atoms with Gasteiger partial charge in [0.1, 0.15) is 0 Å². The summed E-state index contributed by atoms with van der Waals surface area (Å²) in [6, 6.07) is 25.3. The molecular formula is C23H28ClN3S. The van der Waals surface area contributed by atoms with Gasteiger partial charge >= 0.3 is 0 Å². The SMILES string of the molecule is CN(C)CCCNC(=S)N(Cc1cccc2ccccc12)c1ccccc1.Cl. The van der Waals surface area contributed by atoms with E-state index in [0.29, 0.717) is 0 Å². The predicted molar refractivity (Wildman–Crippen MR) is 128 cm³/mol. The average molecular weight is 414 g/mol. The molecule has 1 N–H and O–H groups in total. The number of rotatable bonds is 7. The molecule has 0 bridgehead atoms. The molecule has 0 saturated carbocycles. The lowest BCUT2D eigenvalue weighted by Gasteiger charge is -2.27. The standard InChI is InChI=1S/C23H27N3S.ClH/c1-25(2)17-9-16-24-23(27)26(21-13-4-3-5-14-21)18-20-12-8-11-19-10-6-7-15-22(19)20;/h3-8,10-15H,9,16-18H2,1-2H3,(H,24,27);1H. The first-order valence-corrected chi connectivity index (χ1v) is 9.78. The molecule has 3 nitrogen and oxygen atoms in total. The van der Waals surface area contributed by atoms with Crippen LogP contribution in [0, 0.1) is 0 Å². The molecule has 0 aliphatic carbocycles. The highest BCUT2D eigenvalue weighted by Crippen LogP contribution is 2.23. The van der Waals surface area contributed by atoms with E-state index in [0.717, 1.165) is 36.9 Å². The molecule has 28 heavy (non-hydrogen) atoms. The number of thiocarbonyl (C=S) groups is 1. The number of para-hydroxylation sites is 1. The topological polar surface area (TPSA) is 18.5 Å². The van der Waals surface area contributed by atoms with Gasteiger partial charge in [-0.05, 0) is 67.7 Å². The largest absolute Gasteiger partial charge is 0.362 e. The van der Waals surface area contributed by atoms with Crippen LogP contribution in [0.15, 0.2) is 72.8 Å². The number of halogens is 1. The Morgan fingerprint density at radius 1 is 0.893 bits per heavy atom. The number of anilines is 1. The van der Waals surface area contributed by atoms with Gasteiger partial charge in [0, 0.05) is 12.2 Å². The number of fused-ring (bicyclic) bond motifs is 1. The quantitative estimate of drug-likeness (QED) is 0.429. The van der Waals surface area contributed by atoms with Crippen molar-refractivity contribution in [2.24, 2.45) is 0 Å². The van der Waals surface area contributed by atoms with Crippen LogP contribution in [0.25, 0.3) is 10.8 Å². The second-order valence-electron chi connectivity index (χ2n) is 6.95. The molecule has 0 aliphatic rings. The summed E-state index contributed by atoms with van der Waals surface area (Å²) in [6.45, 7) is 2.66. The Hall–Kier alpha value is -2.14. The van der Waals surface area contributed by atoms with E-state index < -0.39 is 0 Å². The molecule has 0 spiro atoms. The van der Waals surface area contributed by atoms with Crippen LogP contribution in [0.4, 0.5) is 5.69 Å². The molecule has 0 radical (unpaired) electrons. The predicted octanol–water partition coefficient (Wildman–Crippen LogP) is 5.09. The fraction of sp³-hybridized carbons (Fsp3) is 0.261. The van der Waals surface area contributed by atoms with Crippen LogP contribution in [0.5, 0.6) is 0 Å². The lowest BCUT2D eigenvalue weighted by Crippen LogP contribution is -2.40. The molecule has 5 heteroatoms. The normalized spacial score (nSPS) is 10.5. The molecule has 148 valence electrons. The highest BCUT2D eigenvalue weighted by Gasteiger charge is 2.14. The van der Waals surface area contributed by atoms with E-state index in [1.165, 1.54) is 16.3 Å². The Kier molecular flexibility index (Phi) is 8.71. The van der Waals surface area contributed by atoms with Crippen LogP contribution in [0.3, 0.4) is 0 Å². The van der Waals surface area contributed by atoms with Gasteiger partial charge in [-0.2, -0.15) is 0 Å². The minimum atomic E-state index is 0. The molecule has 0 amide bonds. The molecule has 3 rings (SSSR count). The number of nitrogens with one attached hydrogen (secondary N) is 1. The highest BCUT2D eigenvalue weighted by atomic mass is 35.5. The van der Waals surface area contributed by atoms with Crippen molar-refractivity contribution < 1.29 is 0 Å². The minimum Gasteiger partial charge on any atom is -0.362 e. The Morgan fingerprint density at radius 3 is 2.32 bits per heavy atom. The molecule has 0 aromatic heterocycles. The molecule has 3 aromatic carbocycles. The van der Waals surface area contributed by atoms with E-state index in [9.17, 15) is 0 Å². The van der Waals surface area contributed by atoms with E-state index in [2.05, 4.69) is 95.9 Å². The second kappa shape index (κ2) is 11.0. The molecule has 0 unspecified atom stereocenters. The first-order chi connectivity index (χ1) is 13.1. The number of nitrogens with zero attached hydrogens (tertiary/aromatic N) is 2. The van der Waals surface area contributed by atoms with Gasteiger partial charge in [0.2, 0.25) is 0 Å². The molecule has 0 fully saturated rings. The summed E-state index contributed by atoms with van der Waals surface area (Å²) in [5, 5.41) is 6.74. The lowest BCUT2D eigenvalue weighted by atomic mass is 10.0. The third-order valence-electron chi connectivity index (χ3n) is 4.58. The smallest absolute Gasteiger partial charge is 0.173 e. The second-order valence-corrected chi connectivity index (χ2v) is 7.34. The minimum absolute atomic E-state index is 0. The Balaban J connectivity index is 0.00000280. The fourth-order valence-corrected chi connectivity index (χ4v) is 3.45. The average Bonchev–Trinajstić information content (AvgIpc) is 2.70. The summed E-state index contributed by atoms with van der Waals surface area (Å²) in [7, 11) is 4.18. The first kappa shape index (κ1) is 22.2. The van der Waals surface area contributed by atoms with Crippen molar-refractivity contribution in [3.8, 4) is 0 Å². The third kappa shape index (κ3) is 5.93. The van der Waals surface area contributed by atoms with E-state index in [1.54, 1.807) is 0 Å². The van der Waals surface area contributed by atoms with Gasteiger partial charge in [-0.1, -0.05) is 60.7 Å². The van der Waals surface area contributed by atoms with Crippen molar-refractivity contribution in [3.63, 3.8) is 0 Å². The van der Waals surface area contributed by atoms with Crippen molar-refractivity contribution in [1.82, 2.24) is 10.2 Å². The summed E-state index contributed by atoms with van der Waals surface area (Å²) in [5.74, 6) is 0. The van der Waals surface area contributed by atoms with E-state index in [1.807, 2.05) is 6.07 Å². The zero-order chi connectivity index (χ0) is 19.1. The number of hydrogen-bond acceptors (Lipinski definition) is 2. The van der Waals surface area contributed by atoms with Gasteiger partial charge in [-0.3, -0.25) is 0 Å². The van der Waals surface area contributed by atoms with Crippen LogP contribution in [0.1, 0.15) is 12.0 Å². The van der Waals surface area contributed by atoms with E-state index in [-0.39, 0.29) is 12.4 Å². The molecule has 0 aliphatic heterocycles. The summed E-state index contributed by atoms with van der Waals surface area (Å²) in [6.07, 6.45) is 1.06. The van der Waals surface area contributed by atoms with Gasteiger partial charge < -0.3 is 15.1 Å². The van der Waals surface area contributed by atoms with Gasteiger partial charge in [0.05, 0.1) is 6.54 Å². The van der Waals surface area contributed by atoms with E-state index >= 15 is 0 Å². The third-order valence-corrected chi connectivity index (χ3v) is 4.94. The zero-order valence-corrected chi connectivity index (χ0v) is 18.1. The van der Waals surface area contributed by atoms with Crippen LogP contribution in [-0.2, 0) is 6.54 Å². The Bertz CT molecular complexity index is 878. The molecular weight excluding hydrogens is 386 g/mol. The highest BCUT2D eigenvalue weighted by molar-refractivity contribution is 7.80. The summed E-state index contributed by atoms with van der Waals surface area (Å²) in [4.78, 5) is 4.38. The van der Waals surface area contributed by atoms with Gasteiger partial charge in [0.15, 0.2) is 5.11 Å². The molecule has 0 saturated heterocycles. The van der Waals surface area contributed by atoms with Crippen molar-refractivity contribution in [1.29, 1.82) is 0 Å². The van der Waals surface area contributed by atoms with Crippen molar-refractivity contribution >= 4 is 46.2 Å². The van der Waals surface area contributed by atoms with Crippen molar-refractivity contribution in [2.75, 3.05) is 32.1 Å². The zero-order valence-electron chi connectivity index (χ0n) is 16.5. The van der Waals surface area contributed by atoms with Gasteiger partial charge in [0.25, 0.3) is 0 Å². The Morgan fingerprint density at radius 2 is 1.57 bits per heavy atom. The maximum Gasteiger partial charge on any atom is 0.173 e. The lowest BCUT2D eigenvalue weighted by molar-refractivity contribution is 0.400. The van der Waals surface area contributed by atoms with Crippen LogP contribution < -0.4 is 10.2 Å². The van der Waals surface area contributed by atoms with Gasteiger partial charge in [-0.25, -0.2) is 0 Å². The van der Waals surface area contributed by atoms with E-state index in [4.69, 9.17) is 12.2 Å². The number of benzene rings is 3. The molecule has 0 atom stereocenters. The van der Waals surface area contributed by atoms with Crippen LogP contribution >= 0.6 is 24.6 Å². The molecule has 0 heterocycles. The maximum atomic E-state index is 5.76. The van der Waals surface area contributed by atoms with Crippen molar-refractivity contribution in [2.45, 2.75) is 13.0 Å². The summed E-state index contributed by atoms with van der Waals surface area (Å²) >= 11 is 5.76. The summed E-state index contributed by atoms with van der Waals surface area (Å²) in [5.41, 5.74) is 2.38. The maximum absolute atomic E-state index is 5.76. The van der Waals surface area contributed by atoms with Crippen LogP contribution in [0.2, 0.25) is 0 Å². The first-order valence-electron chi connectivity index (χ1n) is 9.37. The number of hydrogen-bond donors (Lipinski definition) is 1. The molecule has 3 aromatic rings. The fourth-order valence-electron chi connectivity index (χ4n) is 3.18. The Labute approximate surface area is 179 Å². The summed E-state index contributed by atoms with van der Waals surface area (Å²) < 4.78 is 0.